The summed E-state index contributed by atoms with van der Waals surface area (Å²) < 4.78 is 4.43. The van der Waals surface area contributed by atoms with Crippen molar-refractivity contribution in [3.8, 4) is 0 Å². The third-order valence-electron chi connectivity index (χ3n) is 1.29. The van der Waals surface area contributed by atoms with E-state index < -0.39 is 17.9 Å². The van der Waals surface area contributed by atoms with Crippen LogP contribution in [0.1, 0.15) is 0 Å². The molecular formula is C8H7N3O5. The normalized spacial score (nSPS) is 10.0. The van der Waals surface area contributed by atoms with Crippen molar-refractivity contribution in [1.82, 2.24) is 10.5 Å². The second kappa shape index (κ2) is 5.29. The number of hydrogen-bond acceptors (Lipinski definition) is 5. The van der Waals surface area contributed by atoms with E-state index in [4.69, 9.17) is 5.11 Å². The fourth-order valence-corrected chi connectivity index (χ4v) is 0.725. The number of rotatable bonds is 3. The first kappa shape index (κ1) is 11.4. The highest BCUT2D eigenvalue weighted by Crippen LogP contribution is 1.99. The summed E-state index contributed by atoms with van der Waals surface area (Å²) in [6.45, 7) is 0. The Hall–Kier alpha value is -2.64. The van der Waals surface area contributed by atoms with E-state index in [1.54, 1.807) is 0 Å². The van der Waals surface area contributed by atoms with Crippen LogP contribution in [0.5, 0.6) is 0 Å². The molecule has 0 radical (unpaired) electrons. The fraction of sp³-hybridized carbons (Fsp3) is 0. The Morgan fingerprint density at radius 3 is 2.69 bits per heavy atom. The van der Waals surface area contributed by atoms with Crippen LogP contribution in [0.2, 0.25) is 0 Å². The minimum absolute atomic E-state index is 0.132. The molecular weight excluding hydrogens is 218 g/mol. The monoisotopic (exact) mass is 225 g/mol. The highest BCUT2D eigenvalue weighted by molar-refractivity contribution is 6.06. The molecule has 1 rings (SSSR count). The predicted molar refractivity (Wildman–Crippen MR) is 50.4 cm³/mol. The minimum atomic E-state index is -1.29. The molecule has 0 fully saturated rings. The van der Waals surface area contributed by atoms with E-state index in [9.17, 15) is 14.4 Å². The number of urea groups is 1. The third-order valence-corrected chi connectivity index (χ3v) is 1.29. The smallest absolute Gasteiger partial charge is 0.328 e. The molecule has 8 heteroatoms. The number of hydrogen-bond donors (Lipinski definition) is 3. The summed E-state index contributed by atoms with van der Waals surface area (Å²) in [4.78, 5) is 32.0. The van der Waals surface area contributed by atoms with Gasteiger partial charge in [0.25, 0.3) is 5.91 Å². The molecule has 0 aliphatic heterocycles. The number of carbonyl (C=O) groups excluding carboxylic acids is 2. The first-order valence-electron chi connectivity index (χ1n) is 4.01. The van der Waals surface area contributed by atoms with Gasteiger partial charge in [-0.1, -0.05) is 5.16 Å². The van der Waals surface area contributed by atoms with E-state index >= 15 is 0 Å². The van der Waals surface area contributed by atoms with E-state index in [0.717, 1.165) is 0 Å². The number of aliphatic carboxylic acids is 1. The average Bonchev–Trinajstić information content (AvgIpc) is 2.67. The summed E-state index contributed by atoms with van der Waals surface area (Å²) in [5.41, 5.74) is 0. The van der Waals surface area contributed by atoms with Crippen molar-refractivity contribution in [2.75, 3.05) is 5.32 Å². The van der Waals surface area contributed by atoms with E-state index in [2.05, 4.69) is 15.0 Å². The predicted octanol–water partition coefficient (Wildman–Crippen LogP) is -0.0365. The number of imide groups is 1. The molecule has 0 unspecified atom stereocenters. The minimum Gasteiger partial charge on any atom is -0.478 e. The van der Waals surface area contributed by atoms with Gasteiger partial charge in [0.15, 0.2) is 5.82 Å². The maximum atomic E-state index is 11.1. The van der Waals surface area contributed by atoms with Gasteiger partial charge < -0.3 is 9.63 Å². The lowest BCUT2D eigenvalue weighted by atomic mass is 10.5. The quantitative estimate of drug-likeness (QED) is 0.620. The zero-order valence-corrected chi connectivity index (χ0v) is 7.84. The van der Waals surface area contributed by atoms with Crippen molar-refractivity contribution < 1.29 is 24.0 Å². The van der Waals surface area contributed by atoms with Crippen LogP contribution >= 0.6 is 0 Å². The number of nitrogens with zero attached hydrogens (tertiary/aromatic N) is 1. The molecule has 0 atom stereocenters. The number of amides is 3. The van der Waals surface area contributed by atoms with Gasteiger partial charge in [-0.05, 0) is 0 Å². The van der Waals surface area contributed by atoms with Crippen molar-refractivity contribution in [2.45, 2.75) is 0 Å². The molecule has 3 N–H and O–H groups in total. The van der Waals surface area contributed by atoms with Gasteiger partial charge in [0.2, 0.25) is 0 Å². The number of anilines is 1. The molecule has 0 aliphatic rings. The lowest BCUT2D eigenvalue weighted by Crippen LogP contribution is -2.33. The Kier molecular flexibility index (Phi) is 3.78. The second-order valence-corrected chi connectivity index (χ2v) is 2.50. The Balaban J connectivity index is 2.40. The molecule has 0 saturated carbocycles. The second-order valence-electron chi connectivity index (χ2n) is 2.50. The van der Waals surface area contributed by atoms with Gasteiger partial charge in [-0.3, -0.25) is 15.4 Å². The molecule has 8 nitrogen and oxygen atoms in total. The topological polar surface area (TPSA) is 122 Å². The van der Waals surface area contributed by atoms with E-state index in [-0.39, 0.29) is 5.82 Å². The standard InChI is InChI=1S/C8H7N3O5/c12-6(1-2-7(13)14)10-8(15)9-5-3-4-16-11-5/h1-4H,(H,13,14)(H2,9,10,11,12,15). The molecule has 1 heterocycles. The van der Waals surface area contributed by atoms with Crippen LogP contribution in [0.4, 0.5) is 10.6 Å². The van der Waals surface area contributed by atoms with E-state index in [1.807, 2.05) is 5.32 Å². The van der Waals surface area contributed by atoms with Crippen molar-refractivity contribution in [1.29, 1.82) is 0 Å². The van der Waals surface area contributed by atoms with Crippen LogP contribution < -0.4 is 10.6 Å². The lowest BCUT2D eigenvalue weighted by molar-refractivity contribution is -0.131. The van der Waals surface area contributed by atoms with Gasteiger partial charge in [0, 0.05) is 18.2 Å². The molecule has 0 saturated heterocycles. The largest absolute Gasteiger partial charge is 0.478 e. The van der Waals surface area contributed by atoms with Gasteiger partial charge in [0.1, 0.15) is 6.26 Å². The summed E-state index contributed by atoms with van der Waals surface area (Å²) >= 11 is 0. The molecule has 0 spiro atoms. The van der Waals surface area contributed by atoms with E-state index in [1.165, 1.54) is 12.3 Å². The molecule has 84 valence electrons. The van der Waals surface area contributed by atoms with Gasteiger partial charge in [-0.2, -0.15) is 0 Å². The highest BCUT2D eigenvalue weighted by Gasteiger charge is 2.06. The third kappa shape index (κ3) is 4.05. The molecule has 3 amide bonds. The summed E-state index contributed by atoms with van der Waals surface area (Å²) in [5.74, 6) is -2.01. The van der Waals surface area contributed by atoms with Crippen LogP contribution in [-0.2, 0) is 9.59 Å². The van der Waals surface area contributed by atoms with Crippen molar-refractivity contribution in [3.63, 3.8) is 0 Å². The molecule has 1 aromatic rings. The van der Waals surface area contributed by atoms with Crippen molar-refractivity contribution >= 4 is 23.7 Å². The van der Waals surface area contributed by atoms with Crippen LogP contribution in [-0.4, -0.2) is 28.2 Å². The van der Waals surface area contributed by atoms with E-state index in [0.29, 0.717) is 12.2 Å². The number of aromatic nitrogens is 1. The number of carbonyl (C=O) groups is 3. The number of carboxylic acid groups (broad SMARTS) is 1. The lowest BCUT2D eigenvalue weighted by Gasteiger charge is -1.99. The van der Waals surface area contributed by atoms with Crippen LogP contribution in [0, 0.1) is 0 Å². The molecule has 0 bridgehead atoms. The van der Waals surface area contributed by atoms with Gasteiger partial charge in [0.05, 0.1) is 0 Å². The highest BCUT2D eigenvalue weighted by atomic mass is 16.5. The Labute approximate surface area is 88.9 Å². The molecule has 1 aromatic heterocycles. The van der Waals surface area contributed by atoms with Crippen molar-refractivity contribution in [2.24, 2.45) is 0 Å². The number of carboxylic acids is 1. The van der Waals surface area contributed by atoms with Crippen molar-refractivity contribution in [3.05, 3.63) is 24.5 Å². The summed E-state index contributed by atoms with van der Waals surface area (Å²) in [6.07, 6.45) is 2.56. The molecule has 0 aromatic carbocycles. The summed E-state index contributed by atoms with van der Waals surface area (Å²) in [7, 11) is 0. The van der Waals surface area contributed by atoms with Gasteiger partial charge in [-0.15, -0.1) is 0 Å². The maximum Gasteiger partial charge on any atom is 0.328 e. The molecule has 0 aliphatic carbocycles. The zero-order chi connectivity index (χ0) is 12.0. The summed E-state index contributed by atoms with van der Waals surface area (Å²) in [6, 6.07) is 0.533. The maximum absolute atomic E-state index is 11.1. The zero-order valence-electron chi connectivity index (χ0n) is 7.84. The fourth-order valence-electron chi connectivity index (χ4n) is 0.725. The van der Waals surface area contributed by atoms with Crippen LogP contribution in [0.3, 0.4) is 0 Å². The Bertz CT molecular complexity index is 423. The number of nitrogens with one attached hydrogen (secondary N) is 2. The van der Waals surface area contributed by atoms with Crippen LogP contribution in [0.25, 0.3) is 0 Å². The Morgan fingerprint density at radius 1 is 1.38 bits per heavy atom. The van der Waals surface area contributed by atoms with Gasteiger partial charge >= 0.3 is 12.0 Å². The first-order valence-corrected chi connectivity index (χ1v) is 4.01. The first-order chi connectivity index (χ1) is 7.58. The molecule has 16 heavy (non-hydrogen) atoms. The Morgan fingerprint density at radius 2 is 2.12 bits per heavy atom. The average molecular weight is 225 g/mol. The summed E-state index contributed by atoms with van der Waals surface area (Å²) in [5, 5.41) is 15.6. The van der Waals surface area contributed by atoms with Gasteiger partial charge in [-0.25, -0.2) is 9.59 Å². The SMILES string of the molecule is O=C(O)C=CC(=O)NC(=O)Nc1ccon1. The van der Waals surface area contributed by atoms with Crippen LogP contribution in [0.15, 0.2) is 29.0 Å².